The third-order valence-corrected chi connectivity index (χ3v) is 8.17. The van der Waals surface area contributed by atoms with Crippen LogP contribution in [0.5, 0.6) is 0 Å². The molecule has 0 spiro atoms. The molecule has 9 nitrogen and oxygen atoms in total. The number of ether oxygens (including phenoxy) is 1. The first-order valence-electron chi connectivity index (χ1n) is 14.3. The molecule has 0 unspecified atom stereocenters. The van der Waals surface area contributed by atoms with Crippen molar-refractivity contribution in [3.63, 3.8) is 0 Å². The predicted molar refractivity (Wildman–Crippen MR) is 166 cm³/mol. The van der Waals surface area contributed by atoms with Crippen LogP contribution < -0.4 is 25.3 Å². The number of rotatable bonds is 7. The van der Waals surface area contributed by atoms with Crippen LogP contribution in [0.4, 0.5) is 23.3 Å². The van der Waals surface area contributed by atoms with Gasteiger partial charge in [-0.15, -0.1) is 0 Å². The van der Waals surface area contributed by atoms with Crippen molar-refractivity contribution in [1.29, 1.82) is 0 Å². The summed E-state index contributed by atoms with van der Waals surface area (Å²) in [4.78, 5) is 19.4. The lowest BCUT2D eigenvalue weighted by atomic mass is 10.00. The van der Waals surface area contributed by atoms with Gasteiger partial charge in [0.2, 0.25) is 5.95 Å². The highest BCUT2D eigenvalue weighted by atomic mass is 32.1. The van der Waals surface area contributed by atoms with Crippen molar-refractivity contribution in [3.8, 4) is 0 Å². The lowest BCUT2D eigenvalue weighted by Gasteiger charge is -2.37. The van der Waals surface area contributed by atoms with E-state index in [1.54, 1.807) is 0 Å². The molecule has 0 atom stereocenters. The first-order valence-corrected chi connectivity index (χ1v) is 14.7. The summed E-state index contributed by atoms with van der Waals surface area (Å²) in [7, 11) is 0. The Balaban J connectivity index is 1.16. The standard InChI is InChI=1S/C30H38N8OS/c40-30(31-11-13-35-18-20-39-21-19-35)34-29-32-27(37-16-14-36(15-17-37)26-8-2-1-3-9-26)22-28(33-29)38-12-10-24-6-4-5-7-25(24)23-38/h1-9,22H,10-21,23H2,(H2,31,32,33,34,40). The second kappa shape index (κ2) is 12.8. The fourth-order valence-electron chi connectivity index (χ4n) is 5.62. The average molecular weight is 559 g/mol. The van der Waals surface area contributed by atoms with Gasteiger partial charge in [-0.25, -0.2) is 0 Å². The number of anilines is 4. The molecule has 0 bridgehead atoms. The van der Waals surface area contributed by atoms with E-state index in [-0.39, 0.29) is 0 Å². The molecule has 0 aliphatic carbocycles. The molecule has 0 radical (unpaired) electrons. The topological polar surface area (TPSA) is 72.0 Å². The third-order valence-electron chi connectivity index (χ3n) is 7.92. The van der Waals surface area contributed by atoms with E-state index in [1.807, 2.05) is 0 Å². The van der Waals surface area contributed by atoms with Gasteiger partial charge in [-0.05, 0) is 41.9 Å². The Kier molecular flexibility index (Phi) is 8.56. The number of para-hydroxylation sites is 1. The Morgan fingerprint density at radius 2 is 1.45 bits per heavy atom. The lowest BCUT2D eigenvalue weighted by Crippen LogP contribution is -2.47. The second-order valence-electron chi connectivity index (χ2n) is 10.5. The number of thiocarbonyl (C=S) groups is 1. The van der Waals surface area contributed by atoms with E-state index in [4.69, 9.17) is 26.9 Å². The van der Waals surface area contributed by atoms with Crippen LogP contribution in [0.1, 0.15) is 11.1 Å². The van der Waals surface area contributed by atoms with Gasteiger partial charge < -0.3 is 30.1 Å². The number of hydrogen-bond donors (Lipinski definition) is 2. The Bertz CT molecular complexity index is 1280. The summed E-state index contributed by atoms with van der Waals surface area (Å²) in [5, 5.41) is 7.17. The molecule has 3 aromatic rings. The molecule has 40 heavy (non-hydrogen) atoms. The molecule has 3 aliphatic heterocycles. The highest BCUT2D eigenvalue weighted by molar-refractivity contribution is 7.80. The molecular weight excluding hydrogens is 520 g/mol. The van der Waals surface area contributed by atoms with Crippen LogP contribution in [0, 0.1) is 0 Å². The Hall–Kier alpha value is -3.47. The molecule has 1 aromatic heterocycles. The summed E-state index contributed by atoms with van der Waals surface area (Å²) in [6.45, 7) is 10.7. The minimum absolute atomic E-state index is 0.542. The van der Waals surface area contributed by atoms with Gasteiger partial charge in [0.05, 0.1) is 13.2 Å². The number of nitrogens with one attached hydrogen (secondary N) is 2. The molecule has 210 valence electrons. The van der Waals surface area contributed by atoms with Crippen LogP contribution in [0.3, 0.4) is 0 Å². The van der Waals surface area contributed by atoms with Gasteiger partial charge in [0.15, 0.2) is 5.11 Å². The molecule has 2 saturated heterocycles. The number of piperazine rings is 1. The van der Waals surface area contributed by atoms with Gasteiger partial charge in [0, 0.05) is 77.2 Å². The molecule has 2 aromatic carbocycles. The zero-order valence-electron chi connectivity index (χ0n) is 23.0. The summed E-state index contributed by atoms with van der Waals surface area (Å²) in [5.74, 6) is 2.42. The van der Waals surface area contributed by atoms with Crippen molar-refractivity contribution in [3.05, 3.63) is 71.8 Å². The van der Waals surface area contributed by atoms with Crippen molar-refractivity contribution < 1.29 is 4.74 Å². The van der Waals surface area contributed by atoms with Crippen LogP contribution >= 0.6 is 12.2 Å². The fourth-order valence-corrected chi connectivity index (χ4v) is 5.82. The van der Waals surface area contributed by atoms with Gasteiger partial charge in [-0.2, -0.15) is 9.97 Å². The first kappa shape index (κ1) is 26.7. The Morgan fingerprint density at radius 1 is 0.775 bits per heavy atom. The minimum Gasteiger partial charge on any atom is -0.379 e. The SMILES string of the molecule is S=C(NCCN1CCOCC1)Nc1nc(N2CCN(c3ccccc3)CC2)cc(N2CCc3ccccc3C2)n1. The largest absolute Gasteiger partial charge is 0.379 e. The number of nitrogens with zero attached hydrogens (tertiary/aromatic N) is 6. The minimum atomic E-state index is 0.542. The summed E-state index contributed by atoms with van der Waals surface area (Å²) in [5.41, 5.74) is 4.06. The van der Waals surface area contributed by atoms with Gasteiger partial charge >= 0.3 is 0 Å². The number of hydrogen-bond acceptors (Lipinski definition) is 8. The van der Waals surface area contributed by atoms with Gasteiger partial charge in [0.25, 0.3) is 0 Å². The van der Waals surface area contributed by atoms with Gasteiger partial charge in [0.1, 0.15) is 11.6 Å². The highest BCUT2D eigenvalue weighted by Gasteiger charge is 2.23. The summed E-state index contributed by atoms with van der Waals surface area (Å²) < 4.78 is 5.45. The second-order valence-corrected chi connectivity index (χ2v) is 10.9. The van der Waals surface area contributed by atoms with Crippen molar-refractivity contribution in [2.24, 2.45) is 0 Å². The third kappa shape index (κ3) is 6.63. The maximum atomic E-state index is 5.64. The first-order chi connectivity index (χ1) is 19.7. The van der Waals surface area contributed by atoms with E-state index >= 15 is 0 Å². The number of aromatic nitrogens is 2. The predicted octanol–water partition coefficient (Wildman–Crippen LogP) is 2.98. The zero-order valence-corrected chi connectivity index (χ0v) is 23.8. The normalized spacial score (nSPS) is 17.9. The van der Waals surface area contributed by atoms with Crippen LogP contribution in [0.15, 0.2) is 60.7 Å². The van der Waals surface area contributed by atoms with E-state index in [1.165, 1.54) is 16.8 Å². The molecule has 6 rings (SSSR count). The van der Waals surface area contributed by atoms with Crippen LogP contribution in [-0.2, 0) is 17.7 Å². The maximum Gasteiger partial charge on any atom is 0.232 e. The van der Waals surface area contributed by atoms with Crippen molar-refractivity contribution >= 4 is 40.6 Å². The average Bonchev–Trinajstić information content (AvgIpc) is 3.02. The maximum absolute atomic E-state index is 5.64. The van der Waals surface area contributed by atoms with E-state index in [2.05, 4.69) is 90.9 Å². The number of morpholine rings is 1. The monoisotopic (exact) mass is 558 g/mol. The quantitative estimate of drug-likeness (QED) is 0.423. The molecule has 2 fully saturated rings. The van der Waals surface area contributed by atoms with Crippen molar-refractivity contribution in [1.82, 2.24) is 20.2 Å². The Morgan fingerprint density at radius 3 is 2.23 bits per heavy atom. The number of fused-ring (bicyclic) bond motifs is 1. The van der Waals surface area contributed by atoms with E-state index < -0.39 is 0 Å². The van der Waals surface area contributed by atoms with Crippen LogP contribution in [-0.4, -0.2) is 92.1 Å². The molecule has 4 heterocycles. The van der Waals surface area contributed by atoms with E-state index in [0.29, 0.717) is 11.1 Å². The fraction of sp³-hybridized carbons (Fsp3) is 0.433. The van der Waals surface area contributed by atoms with E-state index in [0.717, 1.165) is 96.7 Å². The van der Waals surface area contributed by atoms with Crippen LogP contribution in [0.25, 0.3) is 0 Å². The summed E-state index contributed by atoms with van der Waals surface area (Å²) >= 11 is 5.64. The molecule has 0 saturated carbocycles. The van der Waals surface area contributed by atoms with Gasteiger partial charge in [-0.3, -0.25) is 4.90 Å². The molecule has 3 aliphatic rings. The number of benzene rings is 2. The zero-order chi connectivity index (χ0) is 27.1. The lowest BCUT2D eigenvalue weighted by molar-refractivity contribution is 0.0389. The van der Waals surface area contributed by atoms with E-state index in [9.17, 15) is 0 Å². The molecule has 2 N–H and O–H groups in total. The van der Waals surface area contributed by atoms with Crippen molar-refractivity contribution in [2.75, 3.05) is 92.1 Å². The summed E-state index contributed by atoms with van der Waals surface area (Å²) in [6.07, 6.45) is 1.01. The molecule has 10 heteroatoms. The highest BCUT2D eigenvalue weighted by Crippen LogP contribution is 2.28. The van der Waals surface area contributed by atoms with Crippen molar-refractivity contribution in [2.45, 2.75) is 13.0 Å². The van der Waals surface area contributed by atoms with Gasteiger partial charge in [-0.1, -0.05) is 42.5 Å². The summed E-state index contributed by atoms with van der Waals surface area (Å²) in [6, 6.07) is 21.5. The Labute approximate surface area is 242 Å². The molecule has 0 amide bonds. The van der Waals surface area contributed by atoms with Crippen LogP contribution in [0.2, 0.25) is 0 Å². The molecular formula is C30H38N8OS. The smallest absolute Gasteiger partial charge is 0.232 e.